The van der Waals surface area contributed by atoms with Crippen molar-refractivity contribution in [2.45, 2.75) is 63.8 Å². The molecule has 0 aliphatic rings. The van der Waals surface area contributed by atoms with E-state index < -0.39 is 53.4 Å². The fourth-order valence-corrected chi connectivity index (χ4v) is 3.32. The smallest absolute Gasteiger partial charge is 0.479 e. The molecule has 0 heterocycles. The molecule has 9 nitrogen and oxygen atoms in total. The van der Waals surface area contributed by atoms with Crippen LogP contribution in [-0.2, 0) is 26.3 Å². The molecule has 0 saturated heterocycles. The standard InChI is InChI=1S/C25H29F3N2O7/c1-23(2,3)37-22(35)29-18(13-15-9-6-5-7-10-15)19(31)20(32)30-24(4,21(33)34)16-11-8-12-17(14-16)36-25(26,27)28/h5-12,14,18-19,31H,13H2,1-4H3,(H,29,35)(H,30,32)(H,33,34)/t18-,19+,24+/m1/s1. The number of nitrogens with one attached hydrogen (secondary N) is 2. The van der Waals surface area contributed by atoms with Gasteiger partial charge in [0.2, 0.25) is 0 Å². The number of amides is 2. The summed E-state index contributed by atoms with van der Waals surface area (Å²) < 4.78 is 46.9. The quantitative estimate of drug-likeness (QED) is 0.393. The number of carbonyl (C=O) groups excluding carboxylic acids is 2. The summed E-state index contributed by atoms with van der Waals surface area (Å²) in [7, 11) is 0. The normalized spacial score (nSPS) is 15.0. The Bertz CT molecular complexity index is 1100. The van der Waals surface area contributed by atoms with Crippen molar-refractivity contribution in [1.29, 1.82) is 0 Å². The molecule has 0 aromatic heterocycles. The van der Waals surface area contributed by atoms with E-state index in [1.54, 1.807) is 51.1 Å². The number of alkyl halides is 3. The molecule has 2 rings (SSSR count). The van der Waals surface area contributed by atoms with Crippen LogP contribution in [0.15, 0.2) is 54.6 Å². The molecule has 37 heavy (non-hydrogen) atoms. The lowest BCUT2D eigenvalue weighted by molar-refractivity contribution is -0.274. The van der Waals surface area contributed by atoms with Crippen LogP contribution in [0.4, 0.5) is 18.0 Å². The van der Waals surface area contributed by atoms with E-state index in [1.165, 1.54) is 6.07 Å². The number of halogens is 3. The molecule has 0 saturated carbocycles. The Kier molecular flexibility index (Phi) is 9.15. The Labute approximate surface area is 211 Å². The van der Waals surface area contributed by atoms with E-state index in [-0.39, 0.29) is 12.0 Å². The molecule has 3 atom stereocenters. The molecular formula is C25H29F3N2O7. The average molecular weight is 527 g/mol. The zero-order valence-electron chi connectivity index (χ0n) is 20.6. The lowest BCUT2D eigenvalue weighted by Crippen LogP contribution is -2.58. The lowest BCUT2D eigenvalue weighted by Gasteiger charge is -2.31. The minimum Gasteiger partial charge on any atom is -0.479 e. The Balaban J connectivity index is 2.32. The molecule has 2 amide bonds. The van der Waals surface area contributed by atoms with Crippen molar-refractivity contribution in [3.63, 3.8) is 0 Å². The number of carboxylic acid groups (broad SMARTS) is 1. The summed E-state index contributed by atoms with van der Waals surface area (Å²) in [6.45, 7) is 5.91. The summed E-state index contributed by atoms with van der Waals surface area (Å²) in [5.41, 5.74) is -2.73. The Hall–Kier alpha value is -3.80. The molecule has 0 bridgehead atoms. The largest absolute Gasteiger partial charge is 0.573 e. The summed E-state index contributed by atoms with van der Waals surface area (Å²) in [6, 6.07) is 11.4. The number of alkyl carbamates (subject to hydrolysis) is 1. The van der Waals surface area contributed by atoms with Gasteiger partial charge < -0.3 is 30.3 Å². The maximum atomic E-state index is 13.0. The van der Waals surface area contributed by atoms with Gasteiger partial charge >= 0.3 is 18.4 Å². The third-order valence-electron chi connectivity index (χ3n) is 5.10. The molecular weight excluding hydrogens is 497 g/mol. The van der Waals surface area contributed by atoms with Gasteiger partial charge in [-0.25, -0.2) is 9.59 Å². The van der Waals surface area contributed by atoms with Crippen LogP contribution in [0.5, 0.6) is 5.75 Å². The highest BCUT2D eigenvalue weighted by Crippen LogP contribution is 2.29. The monoisotopic (exact) mass is 526 g/mol. The van der Waals surface area contributed by atoms with Crippen molar-refractivity contribution in [3.05, 3.63) is 65.7 Å². The molecule has 0 aliphatic heterocycles. The number of hydrogen-bond donors (Lipinski definition) is 4. The number of hydrogen-bond acceptors (Lipinski definition) is 6. The van der Waals surface area contributed by atoms with Crippen LogP contribution < -0.4 is 15.4 Å². The first kappa shape index (κ1) is 29.4. The first-order chi connectivity index (χ1) is 17.0. The molecule has 12 heteroatoms. The molecule has 0 fully saturated rings. The molecule has 0 spiro atoms. The van der Waals surface area contributed by atoms with Gasteiger partial charge in [-0.3, -0.25) is 4.79 Å². The number of rotatable bonds is 9. The number of carboxylic acids is 1. The topological polar surface area (TPSA) is 134 Å². The highest BCUT2D eigenvalue weighted by atomic mass is 19.4. The van der Waals surface area contributed by atoms with E-state index in [1.807, 2.05) is 0 Å². The summed E-state index contributed by atoms with van der Waals surface area (Å²) in [5.74, 6) is -3.50. The maximum absolute atomic E-state index is 13.0. The van der Waals surface area contributed by atoms with Crippen LogP contribution in [0.25, 0.3) is 0 Å². The average Bonchev–Trinajstić information content (AvgIpc) is 2.76. The first-order valence-corrected chi connectivity index (χ1v) is 11.1. The van der Waals surface area contributed by atoms with Gasteiger partial charge in [-0.05, 0) is 57.4 Å². The predicted octanol–water partition coefficient (Wildman–Crippen LogP) is 3.50. The van der Waals surface area contributed by atoms with Crippen LogP contribution in [-0.4, -0.2) is 52.3 Å². The lowest BCUT2D eigenvalue weighted by atomic mass is 9.91. The van der Waals surface area contributed by atoms with E-state index in [2.05, 4.69) is 15.4 Å². The molecule has 0 unspecified atom stereocenters. The summed E-state index contributed by atoms with van der Waals surface area (Å²) >= 11 is 0. The molecule has 2 aromatic rings. The Morgan fingerprint density at radius 2 is 1.59 bits per heavy atom. The molecule has 0 radical (unpaired) electrons. The van der Waals surface area contributed by atoms with Crippen LogP contribution >= 0.6 is 0 Å². The fraction of sp³-hybridized carbons (Fsp3) is 0.400. The second-order valence-corrected chi connectivity index (χ2v) is 9.38. The Morgan fingerprint density at radius 3 is 2.14 bits per heavy atom. The number of carbonyl (C=O) groups is 3. The van der Waals surface area contributed by atoms with Crippen molar-refractivity contribution in [3.8, 4) is 5.75 Å². The number of benzene rings is 2. The minimum absolute atomic E-state index is 0.0205. The highest BCUT2D eigenvalue weighted by Gasteiger charge is 2.41. The van der Waals surface area contributed by atoms with Crippen LogP contribution in [0.1, 0.15) is 38.8 Å². The summed E-state index contributed by atoms with van der Waals surface area (Å²) in [4.78, 5) is 37.5. The van der Waals surface area contributed by atoms with Crippen molar-refractivity contribution < 1.29 is 47.2 Å². The van der Waals surface area contributed by atoms with Gasteiger partial charge in [0.15, 0.2) is 11.6 Å². The third-order valence-corrected chi connectivity index (χ3v) is 5.10. The zero-order valence-corrected chi connectivity index (χ0v) is 20.6. The van der Waals surface area contributed by atoms with Gasteiger partial charge in [0.25, 0.3) is 5.91 Å². The van der Waals surface area contributed by atoms with Crippen molar-refractivity contribution in [1.82, 2.24) is 10.6 Å². The maximum Gasteiger partial charge on any atom is 0.573 e. The van der Waals surface area contributed by atoms with Gasteiger partial charge in [0.1, 0.15) is 11.4 Å². The summed E-state index contributed by atoms with van der Waals surface area (Å²) in [6.07, 6.45) is -7.91. The zero-order chi connectivity index (χ0) is 28.0. The van der Waals surface area contributed by atoms with Crippen molar-refractivity contribution in [2.24, 2.45) is 0 Å². The van der Waals surface area contributed by atoms with E-state index in [9.17, 15) is 37.8 Å². The third kappa shape index (κ3) is 8.98. The molecule has 4 N–H and O–H groups in total. The first-order valence-electron chi connectivity index (χ1n) is 11.1. The summed E-state index contributed by atoms with van der Waals surface area (Å²) in [5, 5.41) is 25.3. The number of aliphatic hydroxyl groups excluding tert-OH is 1. The van der Waals surface area contributed by atoms with Gasteiger partial charge in [-0.1, -0.05) is 42.5 Å². The number of aliphatic carboxylic acids is 1. The van der Waals surface area contributed by atoms with Gasteiger partial charge in [0.05, 0.1) is 6.04 Å². The van der Waals surface area contributed by atoms with Crippen molar-refractivity contribution >= 4 is 18.0 Å². The number of aliphatic hydroxyl groups is 1. The van der Waals surface area contributed by atoms with Gasteiger partial charge in [-0.2, -0.15) is 0 Å². The second-order valence-electron chi connectivity index (χ2n) is 9.38. The van der Waals surface area contributed by atoms with Crippen LogP contribution in [0.2, 0.25) is 0 Å². The van der Waals surface area contributed by atoms with Crippen LogP contribution in [0.3, 0.4) is 0 Å². The Morgan fingerprint density at radius 1 is 0.973 bits per heavy atom. The fourth-order valence-electron chi connectivity index (χ4n) is 3.32. The molecule has 2 aromatic carbocycles. The van der Waals surface area contributed by atoms with Gasteiger partial charge in [-0.15, -0.1) is 13.2 Å². The minimum atomic E-state index is -5.02. The van der Waals surface area contributed by atoms with E-state index >= 15 is 0 Å². The van der Waals surface area contributed by atoms with Crippen LogP contribution in [0, 0.1) is 0 Å². The molecule has 0 aliphatic carbocycles. The van der Waals surface area contributed by atoms with Crippen molar-refractivity contribution in [2.75, 3.05) is 0 Å². The number of ether oxygens (including phenoxy) is 2. The van der Waals surface area contributed by atoms with E-state index in [0.29, 0.717) is 5.56 Å². The van der Waals surface area contributed by atoms with Gasteiger partial charge in [0, 0.05) is 0 Å². The second kappa shape index (κ2) is 11.5. The van der Waals surface area contributed by atoms with E-state index in [4.69, 9.17) is 4.74 Å². The molecule has 202 valence electrons. The SMILES string of the molecule is CC(C)(C)OC(=O)N[C@H](Cc1ccccc1)[C@H](O)C(=O)N[C@](C)(C(=O)O)c1cccc(OC(F)(F)F)c1. The van der Waals surface area contributed by atoms with E-state index in [0.717, 1.165) is 25.1 Å². The highest BCUT2D eigenvalue weighted by molar-refractivity contribution is 5.90. The predicted molar refractivity (Wildman–Crippen MR) is 126 cm³/mol.